The first-order valence-corrected chi connectivity index (χ1v) is 9.26. The van der Waals surface area contributed by atoms with Crippen LogP contribution in [0, 0.1) is 5.82 Å². The number of hydrogen-bond acceptors (Lipinski definition) is 3. The van der Waals surface area contributed by atoms with Crippen molar-refractivity contribution in [2.45, 2.75) is 25.2 Å². The van der Waals surface area contributed by atoms with Crippen LogP contribution in [0.15, 0.2) is 42.5 Å². The van der Waals surface area contributed by atoms with Gasteiger partial charge in [-0.3, -0.25) is 4.79 Å². The fraction of sp³-hybridized carbons (Fsp3) is 0.286. The molecule has 2 aromatic carbocycles. The average molecular weight is 384 g/mol. The van der Waals surface area contributed by atoms with Gasteiger partial charge in [0.05, 0.1) is 0 Å². The van der Waals surface area contributed by atoms with Crippen molar-refractivity contribution in [3.63, 3.8) is 0 Å². The van der Waals surface area contributed by atoms with Crippen molar-refractivity contribution in [2.24, 2.45) is 11.5 Å². The topological polar surface area (TPSA) is 88.1 Å². The number of aromatic nitrogens is 1. The summed E-state index contributed by atoms with van der Waals surface area (Å²) in [5.74, 6) is -0.598. The molecule has 2 atom stereocenters. The number of carbonyl (C=O) groups is 1. The molecule has 1 aliphatic heterocycles. The van der Waals surface area contributed by atoms with E-state index in [0.29, 0.717) is 28.7 Å². The van der Waals surface area contributed by atoms with E-state index in [-0.39, 0.29) is 31.2 Å². The van der Waals surface area contributed by atoms with Gasteiger partial charge in [0.1, 0.15) is 17.7 Å². The van der Waals surface area contributed by atoms with Gasteiger partial charge >= 0.3 is 0 Å². The summed E-state index contributed by atoms with van der Waals surface area (Å²) in [6.45, 7) is 0.459. The number of rotatable bonds is 5. The van der Waals surface area contributed by atoms with Crippen LogP contribution < -0.4 is 11.5 Å². The van der Waals surface area contributed by atoms with Crippen LogP contribution in [0.5, 0.6) is 0 Å². The zero-order chi connectivity index (χ0) is 19.8. The molecule has 0 radical (unpaired) electrons. The van der Waals surface area contributed by atoms with Crippen LogP contribution in [0.25, 0.3) is 22.0 Å². The van der Waals surface area contributed by atoms with Crippen LogP contribution in [0.4, 0.5) is 8.78 Å². The number of alkyl halides is 1. The predicted octanol–water partition coefficient (Wildman–Crippen LogP) is 2.94. The summed E-state index contributed by atoms with van der Waals surface area (Å²) < 4.78 is 27.5. The van der Waals surface area contributed by atoms with E-state index in [4.69, 9.17) is 11.5 Å². The Hall–Kier alpha value is -2.77. The van der Waals surface area contributed by atoms with Gasteiger partial charge in [-0.1, -0.05) is 24.3 Å². The first-order chi connectivity index (χ1) is 13.5. The summed E-state index contributed by atoms with van der Waals surface area (Å²) in [6, 6.07) is 11.5. The number of nitrogens with zero attached hydrogens (tertiary/aromatic N) is 1. The van der Waals surface area contributed by atoms with Gasteiger partial charge in [0, 0.05) is 42.1 Å². The predicted molar refractivity (Wildman–Crippen MR) is 105 cm³/mol. The smallest absolute Gasteiger partial charge is 0.271 e. The molecule has 146 valence electrons. The summed E-state index contributed by atoms with van der Waals surface area (Å²) in [6.07, 6.45) is -1.11. The van der Waals surface area contributed by atoms with Crippen molar-refractivity contribution in [3.8, 4) is 11.1 Å². The van der Waals surface area contributed by atoms with Crippen LogP contribution >= 0.6 is 0 Å². The summed E-state index contributed by atoms with van der Waals surface area (Å²) in [4.78, 5) is 18.0. The van der Waals surface area contributed by atoms with Crippen molar-refractivity contribution in [1.29, 1.82) is 0 Å². The number of aromatic amines is 1. The minimum Gasteiger partial charge on any atom is -0.350 e. The van der Waals surface area contributed by atoms with E-state index in [1.807, 2.05) is 24.3 Å². The molecule has 1 unspecified atom stereocenters. The minimum absolute atomic E-state index is 0.0900. The number of nitrogens with two attached hydrogens (primary N) is 2. The second kappa shape index (κ2) is 7.33. The van der Waals surface area contributed by atoms with Crippen LogP contribution in [0.1, 0.15) is 22.5 Å². The lowest BCUT2D eigenvalue weighted by atomic mass is 9.98. The molecule has 3 aromatic rings. The van der Waals surface area contributed by atoms with Gasteiger partial charge < -0.3 is 21.4 Å². The van der Waals surface area contributed by atoms with Gasteiger partial charge in [-0.25, -0.2) is 8.78 Å². The standard InChI is InChI=1S/C21H22F2N4O/c22-13-5-6-18-17(8-13)19-16-4-2-1-3-12(16)10-27(21(28)20(19)26-18)11-15(25)7-14(23)9-24/h1-6,8,14-15,26H,7,9-11,24-25H2/t14?,15-/m1/s1. The van der Waals surface area contributed by atoms with Crippen molar-refractivity contribution in [2.75, 3.05) is 13.1 Å². The van der Waals surface area contributed by atoms with E-state index < -0.39 is 12.2 Å². The minimum atomic E-state index is -1.20. The Bertz CT molecular complexity index is 1030. The summed E-state index contributed by atoms with van der Waals surface area (Å²) >= 11 is 0. The molecule has 0 spiro atoms. The van der Waals surface area contributed by atoms with Gasteiger partial charge in [0.2, 0.25) is 0 Å². The van der Waals surface area contributed by atoms with Crippen molar-refractivity contribution in [3.05, 3.63) is 59.5 Å². The maximum absolute atomic E-state index is 13.9. The molecule has 1 amide bonds. The summed E-state index contributed by atoms with van der Waals surface area (Å²) in [5, 5.41) is 0.661. The number of H-pyrrole nitrogens is 1. The molecule has 5 nitrogen and oxygen atoms in total. The number of fused-ring (bicyclic) bond motifs is 5. The zero-order valence-corrected chi connectivity index (χ0v) is 15.3. The quantitative estimate of drug-likeness (QED) is 0.632. The molecule has 0 fully saturated rings. The van der Waals surface area contributed by atoms with E-state index in [0.717, 1.165) is 11.1 Å². The number of carbonyl (C=O) groups excluding carboxylic acids is 1. The second-order valence-corrected chi connectivity index (χ2v) is 7.24. The molecule has 28 heavy (non-hydrogen) atoms. The second-order valence-electron chi connectivity index (χ2n) is 7.24. The summed E-state index contributed by atoms with van der Waals surface area (Å²) in [7, 11) is 0. The zero-order valence-electron chi connectivity index (χ0n) is 15.3. The van der Waals surface area contributed by atoms with E-state index in [9.17, 15) is 13.6 Å². The van der Waals surface area contributed by atoms with Gasteiger partial charge in [-0.05, 0) is 35.7 Å². The Balaban J connectivity index is 1.80. The molecule has 0 bridgehead atoms. The Morgan fingerprint density at radius 3 is 2.79 bits per heavy atom. The number of amides is 1. The third kappa shape index (κ3) is 3.27. The Morgan fingerprint density at radius 1 is 1.21 bits per heavy atom. The summed E-state index contributed by atoms with van der Waals surface area (Å²) in [5.41, 5.74) is 15.0. The Morgan fingerprint density at radius 2 is 2.00 bits per heavy atom. The highest BCUT2D eigenvalue weighted by Gasteiger charge is 2.30. The lowest BCUT2D eigenvalue weighted by Gasteiger charge is -2.25. The number of benzene rings is 2. The SMILES string of the molecule is NCC(F)C[C@@H](N)CN1Cc2ccccc2-c2c([nH]c3ccc(F)cc23)C1=O. The molecule has 0 saturated carbocycles. The molecule has 1 aliphatic rings. The maximum atomic E-state index is 13.9. The van der Waals surface area contributed by atoms with Crippen LogP contribution in [0.2, 0.25) is 0 Å². The molecule has 7 heteroatoms. The monoisotopic (exact) mass is 384 g/mol. The normalized spacial score (nSPS) is 15.9. The fourth-order valence-corrected chi connectivity index (χ4v) is 3.87. The van der Waals surface area contributed by atoms with Crippen molar-refractivity contribution < 1.29 is 13.6 Å². The number of nitrogens with one attached hydrogen (secondary N) is 1. The number of hydrogen-bond donors (Lipinski definition) is 3. The van der Waals surface area contributed by atoms with Gasteiger partial charge in [-0.15, -0.1) is 0 Å². The Labute approximate surface area is 161 Å². The van der Waals surface area contributed by atoms with E-state index in [2.05, 4.69) is 4.98 Å². The Kier molecular flexibility index (Phi) is 4.87. The highest BCUT2D eigenvalue weighted by molar-refractivity contribution is 6.11. The van der Waals surface area contributed by atoms with Crippen LogP contribution in [-0.4, -0.2) is 41.1 Å². The van der Waals surface area contributed by atoms with E-state index in [1.54, 1.807) is 11.0 Å². The van der Waals surface area contributed by atoms with E-state index in [1.165, 1.54) is 12.1 Å². The molecule has 1 aromatic heterocycles. The van der Waals surface area contributed by atoms with Gasteiger partial charge in [0.25, 0.3) is 5.91 Å². The molecular formula is C21H22F2N4O. The average Bonchev–Trinajstić information content (AvgIpc) is 3.00. The molecule has 0 saturated heterocycles. The molecule has 0 aliphatic carbocycles. The van der Waals surface area contributed by atoms with Crippen LogP contribution in [-0.2, 0) is 6.54 Å². The number of halogens is 2. The molecule has 2 heterocycles. The molecule has 4 rings (SSSR count). The van der Waals surface area contributed by atoms with Crippen molar-refractivity contribution >= 4 is 16.8 Å². The molecular weight excluding hydrogens is 362 g/mol. The lowest BCUT2D eigenvalue weighted by molar-refractivity contribution is 0.0724. The fourth-order valence-electron chi connectivity index (χ4n) is 3.87. The van der Waals surface area contributed by atoms with Crippen molar-refractivity contribution in [1.82, 2.24) is 9.88 Å². The van der Waals surface area contributed by atoms with Gasteiger partial charge in [0.15, 0.2) is 0 Å². The largest absolute Gasteiger partial charge is 0.350 e. The lowest BCUT2D eigenvalue weighted by Crippen LogP contribution is -2.42. The highest BCUT2D eigenvalue weighted by atomic mass is 19.1. The first kappa shape index (κ1) is 18.6. The van der Waals surface area contributed by atoms with Crippen LogP contribution in [0.3, 0.4) is 0 Å². The maximum Gasteiger partial charge on any atom is 0.271 e. The first-order valence-electron chi connectivity index (χ1n) is 9.26. The van der Waals surface area contributed by atoms with Gasteiger partial charge in [-0.2, -0.15) is 0 Å². The highest BCUT2D eigenvalue weighted by Crippen LogP contribution is 2.38. The van der Waals surface area contributed by atoms with E-state index >= 15 is 0 Å². The third-order valence-corrected chi connectivity index (χ3v) is 5.18. The molecule has 5 N–H and O–H groups in total. The third-order valence-electron chi connectivity index (χ3n) is 5.18.